The third-order valence-corrected chi connectivity index (χ3v) is 9.23. The average molecular weight is 973 g/mol. The second-order valence-corrected chi connectivity index (χ2v) is 15.1. The lowest BCUT2D eigenvalue weighted by Crippen LogP contribution is -2.63. The molecule has 0 spiro atoms. The number of benzene rings is 4. The first-order valence-corrected chi connectivity index (χ1v) is 18.5. The van der Waals surface area contributed by atoms with Gasteiger partial charge in [-0.25, -0.2) is 0 Å². The summed E-state index contributed by atoms with van der Waals surface area (Å²) in [4.78, 5) is 2.00. The van der Waals surface area contributed by atoms with Gasteiger partial charge in [0.15, 0.2) is 0 Å². The van der Waals surface area contributed by atoms with Crippen molar-refractivity contribution in [1.29, 1.82) is 0 Å². The lowest BCUT2D eigenvalue weighted by atomic mass is 10.1. The van der Waals surface area contributed by atoms with Crippen LogP contribution in [0.1, 0.15) is 0 Å². The fourth-order valence-electron chi connectivity index (χ4n) is 3.61. The fraction of sp³-hybridized carbons (Fsp3) is 0.250. The maximum atomic E-state index is 12.2. The molecule has 0 aliphatic carbocycles. The summed E-state index contributed by atoms with van der Waals surface area (Å²) in [5, 5.41) is -14.0. The van der Waals surface area contributed by atoms with E-state index in [2.05, 4.69) is 73.8 Å². The van der Waals surface area contributed by atoms with E-state index in [1.165, 1.54) is 22.3 Å². The Balaban J connectivity index is 0.000000402. The Hall–Kier alpha value is -3.86. The van der Waals surface area contributed by atoms with Gasteiger partial charge in [0.1, 0.15) is 0 Å². The quantitative estimate of drug-likeness (QED) is 0.0796. The third kappa shape index (κ3) is 12.2. The molecule has 0 saturated carbocycles. The van der Waals surface area contributed by atoms with Gasteiger partial charge >= 0.3 is 66.8 Å². The van der Waals surface area contributed by atoms with Crippen molar-refractivity contribution in [2.24, 2.45) is 0 Å². The van der Waals surface area contributed by atoms with Crippen molar-refractivity contribution in [3.05, 3.63) is 109 Å². The van der Waals surface area contributed by atoms with Crippen molar-refractivity contribution in [2.75, 3.05) is 0 Å². The molecule has 60 heavy (non-hydrogen) atoms. The molecule has 0 aromatic heterocycles. The van der Waals surface area contributed by atoms with Crippen molar-refractivity contribution in [2.45, 2.75) is 56.3 Å². The van der Waals surface area contributed by atoms with Crippen LogP contribution in [0.5, 0.6) is 0 Å². The molecule has 4 aromatic rings. The number of thiol groups is 2. The van der Waals surface area contributed by atoms with E-state index >= 15 is 0 Å². The normalized spacial score (nSPS) is 13.4. The Morgan fingerprint density at radius 1 is 0.333 bits per heavy atom. The van der Waals surface area contributed by atoms with Gasteiger partial charge in [0.05, 0.1) is 0 Å². The van der Waals surface area contributed by atoms with Gasteiger partial charge in [-0.05, 0) is 46.5 Å². The van der Waals surface area contributed by atoms with Crippen LogP contribution in [0.25, 0.3) is 22.3 Å². The highest BCUT2D eigenvalue weighted by Crippen LogP contribution is 2.55. The smallest absolute Gasteiger partial charge is 0.281 e. The molecule has 0 aliphatic heterocycles. The van der Waals surface area contributed by atoms with Gasteiger partial charge in [0, 0.05) is 9.79 Å². The second kappa shape index (κ2) is 19.0. The molecule has 0 saturated heterocycles. The molecule has 0 unspecified atom stereocenters. The number of halogens is 18. The summed E-state index contributed by atoms with van der Waals surface area (Å²) in [5.41, 5.74) is 4.96. The van der Waals surface area contributed by atoms with E-state index in [0.29, 0.717) is 0 Å². The van der Waals surface area contributed by atoms with Gasteiger partial charge in [0.25, 0.3) is 0 Å². The Bertz CT molecular complexity index is 2040. The number of hydrogen-bond donors (Lipinski definition) is 4. The van der Waals surface area contributed by atoms with Gasteiger partial charge in [-0.3, -0.25) is 9.11 Å². The lowest BCUT2D eigenvalue weighted by Gasteiger charge is -2.31. The molecule has 0 fully saturated rings. The van der Waals surface area contributed by atoms with Crippen molar-refractivity contribution < 1.29 is 105 Å². The van der Waals surface area contributed by atoms with Gasteiger partial charge in [-0.1, -0.05) is 84.9 Å². The van der Waals surface area contributed by atoms with Crippen LogP contribution in [-0.2, 0) is 20.2 Å². The summed E-state index contributed by atoms with van der Waals surface area (Å²) in [7, 11) is -14.3. The predicted molar refractivity (Wildman–Crippen MR) is 183 cm³/mol. The monoisotopic (exact) mass is 972 g/mol. The minimum atomic E-state index is -7.37. The zero-order valence-electron chi connectivity index (χ0n) is 28.4. The largest absolute Gasteiger partial charge is 0.460 e. The van der Waals surface area contributed by atoms with Crippen LogP contribution in [0.3, 0.4) is 0 Å². The maximum Gasteiger partial charge on any atom is 0.460 e. The summed E-state index contributed by atoms with van der Waals surface area (Å²) in [6, 6.07) is 37.0. The first-order chi connectivity index (χ1) is 26.7. The zero-order valence-corrected chi connectivity index (χ0v) is 31.9. The Kier molecular flexibility index (Phi) is 17.2. The number of hydrogen-bond acceptors (Lipinski definition) is 6. The Morgan fingerprint density at radius 2 is 0.533 bits per heavy atom. The standard InChI is InChI=1S/2C12H10S.2C4HF9O3S/c2*13-12-8-6-11(7-9-12)10-4-2-1-3-5-10;2*5-1(6,3(9,10)11)2(7,8)4(12,13)17(14,15)16/h2*1-9,13H;2*(H,14,15,16). The van der Waals surface area contributed by atoms with E-state index in [-0.39, 0.29) is 0 Å². The minimum Gasteiger partial charge on any atom is -0.281 e. The lowest BCUT2D eigenvalue weighted by molar-refractivity contribution is -0.382. The summed E-state index contributed by atoms with van der Waals surface area (Å²) in [5.74, 6) is -29.4. The molecule has 4 rings (SSSR count). The van der Waals surface area contributed by atoms with E-state index in [0.717, 1.165) is 9.79 Å². The van der Waals surface area contributed by atoms with Gasteiger partial charge < -0.3 is 0 Å². The average Bonchev–Trinajstić information content (AvgIpc) is 3.11. The van der Waals surface area contributed by atoms with Crippen molar-refractivity contribution in [3.63, 3.8) is 0 Å². The van der Waals surface area contributed by atoms with E-state index < -0.39 is 66.8 Å². The van der Waals surface area contributed by atoms with Crippen LogP contribution in [0.15, 0.2) is 119 Å². The molecule has 0 heterocycles. The molecule has 0 radical (unpaired) electrons. The van der Waals surface area contributed by atoms with E-state index in [4.69, 9.17) is 9.11 Å². The Labute approximate surface area is 337 Å². The first-order valence-electron chi connectivity index (χ1n) is 14.8. The molecule has 0 atom stereocenters. The van der Waals surface area contributed by atoms with Crippen LogP contribution < -0.4 is 0 Å². The van der Waals surface area contributed by atoms with Gasteiger partial charge in [-0.15, -0.1) is 25.3 Å². The fourth-order valence-corrected chi connectivity index (χ4v) is 4.82. The topological polar surface area (TPSA) is 109 Å². The third-order valence-electron chi connectivity index (χ3n) is 6.83. The highest BCUT2D eigenvalue weighted by atomic mass is 32.2. The van der Waals surface area contributed by atoms with Gasteiger partial charge in [0.2, 0.25) is 0 Å². The summed E-state index contributed by atoms with van der Waals surface area (Å²) >= 11 is 8.49. The van der Waals surface area contributed by atoms with E-state index in [1.807, 2.05) is 60.7 Å². The van der Waals surface area contributed by atoms with E-state index in [1.54, 1.807) is 0 Å². The highest BCUT2D eigenvalue weighted by Gasteiger charge is 2.86. The van der Waals surface area contributed by atoms with Crippen molar-refractivity contribution in [1.82, 2.24) is 0 Å². The number of alkyl halides is 18. The summed E-state index contributed by atoms with van der Waals surface area (Å²) < 4.78 is 268. The highest BCUT2D eigenvalue weighted by molar-refractivity contribution is 7.87. The van der Waals surface area contributed by atoms with Gasteiger partial charge in [-0.2, -0.15) is 95.9 Å². The molecule has 0 bridgehead atoms. The molecular formula is C32H22F18O6S4. The SMILES string of the molecule is O=S(=O)(O)C(F)(F)C(F)(F)C(F)(F)C(F)(F)F.O=S(=O)(O)C(F)(F)C(F)(F)C(F)(F)C(F)(F)F.Sc1ccc(-c2ccccc2)cc1.Sc1ccc(-c2ccccc2)cc1. The van der Waals surface area contributed by atoms with Crippen LogP contribution in [-0.4, -0.2) is 72.5 Å². The van der Waals surface area contributed by atoms with Crippen molar-refractivity contribution in [3.8, 4) is 22.3 Å². The summed E-state index contributed by atoms with van der Waals surface area (Å²) in [6.07, 6.45) is -14.3. The van der Waals surface area contributed by atoms with Crippen LogP contribution in [0, 0.1) is 0 Å². The predicted octanol–water partition coefficient (Wildman–Crippen LogP) is 11.9. The molecule has 0 amide bonds. The second-order valence-electron chi connectivity index (χ2n) is 11.1. The molecule has 6 nitrogen and oxygen atoms in total. The molecule has 2 N–H and O–H groups in total. The van der Waals surface area contributed by atoms with Crippen molar-refractivity contribution >= 4 is 45.5 Å². The molecule has 4 aromatic carbocycles. The maximum absolute atomic E-state index is 12.2. The summed E-state index contributed by atoms with van der Waals surface area (Å²) in [6.45, 7) is 0. The molecule has 0 aliphatic rings. The zero-order chi connectivity index (χ0) is 47.2. The first kappa shape index (κ1) is 54.2. The van der Waals surface area contributed by atoms with Crippen LogP contribution >= 0.6 is 25.3 Å². The van der Waals surface area contributed by atoms with E-state index in [9.17, 15) is 95.9 Å². The van der Waals surface area contributed by atoms with Crippen LogP contribution in [0.2, 0.25) is 0 Å². The number of rotatable bonds is 8. The molecular weight excluding hydrogens is 951 g/mol. The minimum absolute atomic E-state index is 1.000. The molecule has 336 valence electrons. The van der Waals surface area contributed by atoms with Crippen LogP contribution in [0.4, 0.5) is 79.0 Å². The Morgan fingerprint density at radius 3 is 0.717 bits per heavy atom. The molecule has 28 heteroatoms.